The molecule has 0 saturated heterocycles. The number of H-pyrrole nitrogens is 1. The summed E-state index contributed by atoms with van der Waals surface area (Å²) in [4.78, 5) is 13.5. The maximum atomic E-state index is 12.8. The number of hydrogen-bond donors (Lipinski definition) is 2. The fourth-order valence-electron chi connectivity index (χ4n) is 1.64. The van der Waals surface area contributed by atoms with Gasteiger partial charge in [0, 0.05) is 11.9 Å². The van der Waals surface area contributed by atoms with Crippen LogP contribution in [0.3, 0.4) is 0 Å². The zero-order chi connectivity index (χ0) is 13.3. The first kappa shape index (κ1) is 12.2. The van der Waals surface area contributed by atoms with Crippen LogP contribution in [0.5, 0.6) is 0 Å². The number of alkyl halides is 3. The Morgan fingerprint density at radius 1 is 1.22 bits per heavy atom. The number of aromatic amines is 1. The van der Waals surface area contributed by atoms with Crippen molar-refractivity contribution in [2.24, 2.45) is 0 Å². The predicted octanol–water partition coefficient (Wildman–Crippen LogP) is 3.40. The fraction of sp³-hybridized carbons (Fsp3) is 0.0833. The Hall–Kier alpha value is -2.24. The van der Waals surface area contributed by atoms with Gasteiger partial charge in [-0.1, -0.05) is 6.07 Å². The van der Waals surface area contributed by atoms with Crippen molar-refractivity contribution >= 4 is 5.97 Å². The molecule has 18 heavy (non-hydrogen) atoms. The summed E-state index contributed by atoms with van der Waals surface area (Å²) in [5.41, 5.74) is -1.12. The lowest BCUT2D eigenvalue weighted by atomic mass is 10.0. The van der Waals surface area contributed by atoms with Crippen molar-refractivity contribution in [2.75, 3.05) is 0 Å². The van der Waals surface area contributed by atoms with Gasteiger partial charge in [0.15, 0.2) is 0 Å². The van der Waals surface area contributed by atoms with Crippen molar-refractivity contribution < 1.29 is 23.1 Å². The highest BCUT2D eigenvalue weighted by Crippen LogP contribution is 2.34. The lowest BCUT2D eigenvalue weighted by Crippen LogP contribution is -2.13. The van der Waals surface area contributed by atoms with E-state index in [2.05, 4.69) is 4.98 Å². The number of halogens is 3. The number of rotatable bonds is 2. The molecule has 2 N–H and O–H groups in total. The third-order valence-electron chi connectivity index (χ3n) is 2.46. The topological polar surface area (TPSA) is 53.1 Å². The molecule has 0 unspecified atom stereocenters. The molecule has 2 aromatic rings. The molecule has 1 aromatic heterocycles. The normalized spacial score (nSPS) is 11.5. The Bertz CT molecular complexity index is 574. The number of nitrogens with one attached hydrogen (secondary N) is 1. The van der Waals surface area contributed by atoms with E-state index in [9.17, 15) is 18.0 Å². The van der Waals surface area contributed by atoms with E-state index >= 15 is 0 Å². The van der Waals surface area contributed by atoms with Gasteiger partial charge >= 0.3 is 12.1 Å². The Kier molecular flexibility index (Phi) is 2.86. The molecule has 0 aliphatic heterocycles. The quantitative estimate of drug-likeness (QED) is 0.864. The minimum Gasteiger partial charge on any atom is -0.478 e. The van der Waals surface area contributed by atoms with Gasteiger partial charge in [0.25, 0.3) is 0 Å². The smallest absolute Gasteiger partial charge is 0.417 e. The second kappa shape index (κ2) is 4.21. The van der Waals surface area contributed by atoms with Crippen LogP contribution in [0.15, 0.2) is 36.5 Å². The summed E-state index contributed by atoms with van der Waals surface area (Å²) in [6.07, 6.45) is -3.12. The second-order valence-electron chi connectivity index (χ2n) is 3.65. The number of carboxylic acids is 1. The highest BCUT2D eigenvalue weighted by atomic mass is 19.4. The molecule has 1 aromatic carbocycles. The third-order valence-corrected chi connectivity index (χ3v) is 2.46. The van der Waals surface area contributed by atoms with E-state index in [1.807, 2.05) is 0 Å². The molecule has 0 aliphatic rings. The van der Waals surface area contributed by atoms with Gasteiger partial charge in [-0.15, -0.1) is 0 Å². The Morgan fingerprint density at radius 2 is 1.94 bits per heavy atom. The summed E-state index contributed by atoms with van der Waals surface area (Å²) in [5.74, 6) is -1.60. The van der Waals surface area contributed by atoms with E-state index in [1.165, 1.54) is 6.07 Å². The van der Waals surface area contributed by atoms with Gasteiger partial charge in [-0.05, 0) is 29.8 Å². The molecule has 2 rings (SSSR count). The van der Waals surface area contributed by atoms with Crippen molar-refractivity contribution in [1.82, 2.24) is 4.98 Å². The first-order chi connectivity index (χ1) is 8.39. The largest absolute Gasteiger partial charge is 0.478 e. The molecule has 6 heteroatoms. The average Bonchev–Trinajstić information content (AvgIpc) is 2.80. The lowest BCUT2D eigenvalue weighted by molar-refractivity contribution is -0.138. The van der Waals surface area contributed by atoms with Crippen LogP contribution in [0.1, 0.15) is 15.9 Å². The van der Waals surface area contributed by atoms with Crippen LogP contribution in [0.25, 0.3) is 11.3 Å². The lowest BCUT2D eigenvalue weighted by Gasteiger charge is -2.11. The molecule has 1 heterocycles. The highest BCUT2D eigenvalue weighted by molar-refractivity contribution is 5.90. The molecule has 0 atom stereocenters. The van der Waals surface area contributed by atoms with Gasteiger partial charge in [0.1, 0.15) is 0 Å². The monoisotopic (exact) mass is 255 g/mol. The summed E-state index contributed by atoms with van der Waals surface area (Å²) < 4.78 is 38.3. The van der Waals surface area contributed by atoms with Gasteiger partial charge in [0.05, 0.1) is 11.1 Å². The van der Waals surface area contributed by atoms with Crippen LogP contribution >= 0.6 is 0 Å². The molecule has 0 aliphatic carbocycles. The molecule has 0 radical (unpaired) electrons. The molecule has 0 saturated carbocycles. The number of carbonyl (C=O) groups is 1. The number of aromatic nitrogens is 1. The van der Waals surface area contributed by atoms with Gasteiger partial charge < -0.3 is 10.1 Å². The van der Waals surface area contributed by atoms with Crippen molar-refractivity contribution in [2.45, 2.75) is 6.18 Å². The molecule has 3 nitrogen and oxygen atoms in total. The van der Waals surface area contributed by atoms with Crippen LogP contribution in [-0.4, -0.2) is 16.1 Å². The SMILES string of the molecule is O=C(O)c1ccc(-c2ccc[nH]2)cc1C(F)(F)F. The number of carboxylic acid groups (broad SMARTS) is 1. The third kappa shape index (κ3) is 2.22. The summed E-state index contributed by atoms with van der Waals surface area (Å²) in [5, 5.41) is 8.74. The minimum absolute atomic E-state index is 0.289. The summed E-state index contributed by atoms with van der Waals surface area (Å²) >= 11 is 0. The van der Waals surface area contributed by atoms with E-state index in [1.54, 1.807) is 18.3 Å². The van der Waals surface area contributed by atoms with Crippen molar-refractivity contribution in [1.29, 1.82) is 0 Å². The molecule has 0 fully saturated rings. The minimum atomic E-state index is -4.70. The first-order valence-corrected chi connectivity index (χ1v) is 4.98. The fourth-order valence-corrected chi connectivity index (χ4v) is 1.64. The van der Waals surface area contributed by atoms with E-state index in [-0.39, 0.29) is 5.56 Å². The van der Waals surface area contributed by atoms with E-state index in [0.717, 1.165) is 12.1 Å². The Morgan fingerprint density at radius 3 is 2.44 bits per heavy atom. The van der Waals surface area contributed by atoms with Gasteiger partial charge in [-0.3, -0.25) is 0 Å². The van der Waals surface area contributed by atoms with Gasteiger partial charge in [-0.2, -0.15) is 13.2 Å². The predicted molar refractivity (Wildman–Crippen MR) is 58.2 cm³/mol. The van der Waals surface area contributed by atoms with E-state index < -0.39 is 23.3 Å². The van der Waals surface area contributed by atoms with Gasteiger partial charge in [0.2, 0.25) is 0 Å². The van der Waals surface area contributed by atoms with Crippen LogP contribution in [0.2, 0.25) is 0 Å². The summed E-state index contributed by atoms with van der Waals surface area (Å²) in [6, 6.07) is 6.38. The van der Waals surface area contributed by atoms with E-state index in [4.69, 9.17) is 5.11 Å². The summed E-state index contributed by atoms with van der Waals surface area (Å²) in [7, 11) is 0. The van der Waals surface area contributed by atoms with Crippen molar-refractivity contribution in [3.05, 3.63) is 47.7 Å². The van der Waals surface area contributed by atoms with Crippen molar-refractivity contribution in [3.8, 4) is 11.3 Å². The first-order valence-electron chi connectivity index (χ1n) is 4.98. The maximum Gasteiger partial charge on any atom is 0.417 e. The standard InChI is InChI=1S/C12H8F3NO2/c13-12(14,15)9-6-7(10-2-1-5-16-10)3-4-8(9)11(17)18/h1-6,16H,(H,17,18). The van der Waals surface area contributed by atoms with Crippen LogP contribution in [-0.2, 0) is 6.18 Å². The molecule has 94 valence electrons. The molecule has 0 spiro atoms. The summed E-state index contributed by atoms with van der Waals surface area (Å²) in [6.45, 7) is 0. The zero-order valence-electron chi connectivity index (χ0n) is 8.95. The Labute approximate surface area is 99.9 Å². The number of aromatic carboxylic acids is 1. The molecule has 0 amide bonds. The van der Waals surface area contributed by atoms with Crippen molar-refractivity contribution in [3.63, 3.8) is 0 Å². The number of hydrogen-bond acceptors (Lipinski definition) is 1. The maximum absolute atomic E-state index is 12.8. The van der Waals surface area contributed by atoms with E-state index in [0.29, 0.717) is 5.69 Å². The van der Waals surface area contributed by atoms with Gasteiger partial charge in [-0.25, -0.2) is 4.79 Å². The van der Waals surface area contributed by atoms with Crippen LogP contribution < -0.4 is 0 Å². The average molecular weight is 255 g/mol. The second-order valence-corrected chi connectivity index (χ2v) is 3.65. The molecular weight excluding hydrogens is 247 g/mol. The zero-order valence-corrected chi connectivity index (χ0v) is 8.95. The number of benzene rings is 1. The highest BCUT2D eigenvalue weighted by Gasteiger charge is 2.35. The van der Waals surface area contributed by atoms with Crippen LogP contribution in [0, 0.1) is 0 Å². The Balaban J connectivity index is 2.60. The molecule has 0 bridgehead atoms. The van der Waals surface area contributed by atoms with Crippen LogP contribution in [0.4, 0.5) is 13.2 Å². The molecular formula is C12H8F3NO2.